The summed E-state index contributed by atoms with van der Waals surface area (Å²) in [7, 11) is 2.00. The Kier molecular flexibility index (Phi) is 11.0. The van der Waals surface area contributed by atoms with Gasteiger partial charge in [0, 0.05) is 44.7 Å². The van der Waals surface area contributed by atoms with Crippen molar-refractivity contribution in [2.24, 2.45) is 4.99 Å². The Morgan fingerprint density at radius 2 is 1.89 bits per heavy atom. The third kappa shape index (κ3) is 9.28. The van der Waals surface area contributed by atoms with Crippen molar-refractivity contribution in [3.05, 3.63) is 101 Å². The molecule has 35 heavy (non-hydrogen) atoms. The Balaban J connectivity index is 1.94. The molecule has 0 atom stereocenters. The third-order valence-electron chi connectivity index (χ3n) is 5.32. The molecule has 0 unspecified atom stereocenters. The molecule has 0 saturated heterocycles. The van der Waals surface area contributed by atoms with E-state index in [1.807, 2.05) is 54.5 Å². The van der Waals surface area contributed by atoms with E-state index in [9.17, 15) is 14.0 Å². The topological polar surface area (TPSA) is 63.4 Å². The Bertz CT molecular complexity index is 1080. The number of benzene rings is 2. The molecule has 184 valence electrons. The van der Waals surface area contributed by atoms with Crippen molar-refractivity contribution in [2.45, 2.75) is 25.7 Å². The van der Waals surface area contributed by atoms with Crippen molar-refractivity contribution in [3.8, 4) is 6.07 Å². The highest BCUT2D eigenvalue weighted by molar-refractivity contribution is 5.69. The van der Waals surface area contributed by atoms with Gasteiger partial charge in [0.2, 0.25) is 0 Å². The minimum Gasteiger partial charge on any atom is -0.390 e. The summed E-state index contributed by atoms with van der Waals surface area (Å²) in [5.41, 5.74) is 6.57. The molecule has 2 aromatic rings. The molecule has 2 N–H and O–H groups in total. The molecule has 0 spiro atoms. The summed E-state index contributed by atoms with van der Waals surface area (Å²) in [6.07, 6.45) is 9.04. The fourth-order valence-corrected chi connectivity index (χ4v) is 3.45. The number of nitrogens with zero attached hydrogens (tertiary/aromatic N) is 3. The maximum atomic E-state index is 13.7. The molecule has 2 aromatic carbocycles. The van der Waals surface area contributed by atoms with Crippen molar-refractivity contribution in [1.29, 1.82) is 5.26 Å². The van der Waals surface area contributed by atoms with Crippen molar-refractivity contribution in [2.75, 3.05) is 26.7 Å². The van der Waals surface area contributed by atoms with Gasteiger partial charge in [-0.3, -0.25) is 10.4 Å². The molecule has 0 radical (unpaired) electrons. The number of nitrogens with one attached hydrogen (secondary N) is 2. The summed E-state index contributed by atoms with van der Waals surface area (Å²) < 4.78 is 27.3. The van der Waals surface area contributed by atoms with E-state index in [1.165, 1.54) is 12.1 Å². The Labute approximate surface area is 207 Å². The van der Waals surface area contributed by atoms with Crippen LogP contribution in [-0.4, -0.2) is 38.4 Å². The van der Waals surface area contributed by atoms with Crippen molar-refractivity contribution in [1.82, 2.24) is 15.8 Å². The highest BCUT2D eigenvalue weighted by Gasteiger charge is 2.27. The van der Waals surface area contributed by atoms with E-state index in [0.29, 0.717) is 6.42 Å². The fourth-order valence-electron chi connectivity index (χ4n) is 3.45. The molecule has 0 aliphatic carbocycles. The van der Waals surface area contributed by atoms with E-state index in [2.05, 4.69) is 35.1 Å². The third-order valence-corrected chi connectivity index (χ3v) is 5.32. The first-order chi connectivity index (χ1) is 16.8. The molecule has 0 aromatic heterocycles. The maximum Gasteiger partial charge on any atom is 0.271 e. The predicted molar refractivity (Wildman–Crippen MR) is 140 cm³/mol. The predicted octanol–water partition coefficient (Wildman–Crippen LogP) is 5.42. The lowest BCUT2D eigenvalue weighted by atomic mass is 9.96. The molecule has 0 fully saturated rings. The fraction of sp³-hybridized carbons (Fsp3) is 0.286. The van der Waals surface area contributed by atoms with E-state index < -0.39 is 5.92 Å². The first kappa shape index (κ1) is 27.6. The van der Waals surface area contributed by atoms with E-state index in [1.54, 1.807) is 12.3 Å². The molecule has 7 heteroatoms. The lowest BCUT2D eigenvalue weighted by molar-refractivity contribution is 0.0172. The van der Waals surface area contributed by atoms with Gasteiger partial charge < -0.3 is 5.32 Å². The second-order valence-electron chi connectivity index (χ2n) is 8.17. The number of halogens is 2. The molecule has 0 bridgehead atoms. The summed E-state index contributed by atoms with van der Waals surface area (Å²) in [4.78, 5) is 4.13. The van der Waals surface area contributed by atoms with Crippen LogP contribution >= 0.6 is 0 Å². The lowest BCUT2D eigenvalue weighted by Crippen LogP contribution is -2.38. The number of alkyl halides is 2. The Morgan fingerprint density at radius 1 is 1.17 bits per heavy atom. The number of nitriles is 1. The highest BCUT2D eigenvalue weighted by atomic mass is 19.3. The summed E-state index contributed by atoms with van der Waals surface area (Å²) >= 11 is 0. The largest absolute Gasteiger partial charge is 0.390 e. The van der Waals surface area contributed by atoms with Crippen LogP contribution < -0.4 is 10.7 Å². The molecule has 0 aliphatic heterocycles. The van der Waals surface area contributed by atoms with Crippen LogP contribution in [0.4, 0.5) is 8.78 Å². The van der Waals surface area contributed by atoms with Gasteiger partial charge in [-0.1, -0.05) is 55.1 Å². The highest BCUT2D eigenvalue weighted by Crippen LogP contribution is 2.30. The van der Waals surface area contributed by atoms with Crippen LogP contribution in [0.25, 0.3) is 5.70 Å². The van der Waals surface area contributed by atoms with Crippen LogP contribution in [0.3, 0.4) is 0 Å². The number of aliphatic imine (C=N–C) groups is 1. The molecular weight excluding hydrogens is 444 g/mol. The summed E-state index contributed by atoms with van der Waals surface area (Å²) in [5.74, 6) is -3.05. The quantitative estimate of drug-likeness (QED) is 0.165. The average Bonchev–Trinajstić information content (AvgIpc) is 2.83. The molecule has 0 saturated carbocycles. The Hall–Kier alpha value is -3.60. The summed E-state index contributed by atoms with van der Waals surface area (Å²) in [6, 6.07) is 14.2. The molecule has 5 nitrogen and oxygen atoms in total. The molecular formula is C28H33F2N5. The number of hydrogen-bond acceptors (Lipinski definition) is 5. The van der Waals surface area contributed by atoms with Crippen molar-refractivity contribution >= 4 is 12.4 Å². The van der Waals surface area contributed by atoms with Crippen LogP contribution in [-0.2, 0) is 12.3 Å². The SMILES string of the molecule is C=CNCCN(C)NCC/C=C\C=C(/N=C)c1ccc(Cc2ccc(C(C)(F)F)c(C#N)c2)cc1. The number of rotatable bonds is 14. The first-order valence-corrected chi connectivity index (χ1v) is 11.4. The van der Waals surface area contributed by atoms with Crippen LogP contribution in [0.5, 0.6) is 0 Å². The van der Waals surface area contributed by atoms with Gasteiger partial charge in [-0.05, 0) is 49.0 Å². The van der Waals surface area contributed by atoms with Gasteiger partial charge >= 0.3 is 0 Å². The standard InChI is InChI=1S/C28H33F2N5/c1-5-33-17-18-35(4)34-16-8-6-7-9-27(32-3)24-13-10-22(11-14-24)19-23-12-15-26(28(2,29)30)25(20-23)21-31/h5-7,9-15,20,33-34H,1,3,8,16-19H2,2,4H3/b7-6-,27-9-. The van der Waals surface area contributed by atoms with Gasteiger partial charge in [0.25, 0.3) is 5.92 Å². The minimum atomic E-state index is -3.05. The molecule has 0 amide bonds. The van der Waals surface area contributed by atoms with Gasteiger partial charge in [-0.25, -0.2) is 13.8 Å². The maximum absolute atomic E-state index is 13.7. The van der Waals surface area contributed by atoms with E-state index >= 15 is 0 Å². The van der Waals surface area contributed by atoms with E-state index in [-0.39, 0.29) is 11.1 Å². The van der Waals surface area contributed by atoms with Gasteiger partial charge in [-0.15, -0.1) is 0 Å². The number of allylic oxidation sites excluding steroid dienone is 2. The van der Waals surface area contributed by atoms with Crippen LogP contribution in [0, 0.1) is 11.3 Å². The number of likely N-dealkylation sites (N-methyl/N-ethyl adjacent to an activating group) is 1. The average molecular weight is 478 g/mol. The lowest BCUT2D eigenvalue weighted by Gasteiger charge is -2.17. The van der Waals surface area contributed by atoms with Gasteiger partial charge in [0.15, 0.2) is 0 Å². The number of hydrazine groups is 1. The molecule has 0 aliphatic rings. The summed E-state index contributed by atoms with van der Waals surface area (Å²) in [6.45, 7) is 10.6. The zero-order chi connectivity index (χ0) is 25.7. The van der Waals surface area contributed by atoms with Gasteiger partial charge in [0.1, 0.15) is 0 Å². The van der Waals surface area contributed by atoms with Crippen molar-refractivity contribution in [3.63, 3.8) is 0 Å². The van der Waals surface area contributed by atoms with E-state index in [0.717, 1.165) is 55.4 Å². The smallest absolute Gasteiger partial charge is 0.271 e. The normalized spacial score (nSPS) is 12.1. The molecule has 0 heterocycles. The van der Waals surface area contributed by atoms with E-state index in [4.69, 9.17) is 0 Å². The Morgan fingerprint density at radius 3 is 2.51 bits per heavy atom. The van der Waals surface area contributed by atoms with Crippen molar-refractivity contribution < 1.29 is 8.78 Å². The minimum absolute atomic E-state index is 0.00558. The second kappa shape index (κ2) is 14.0. The molecule has 2 rings (SSSR count). The zero-order valence-electron chi connectivity index (χ0n) is 20.4. The first-order valence-electron chi connectivity index (χ1n) is 11.4. The van der Waals surface area contributed by atoms with Crippen LogP contribution in [0.2, 0.25) is 0 Å². The van der Waals surface area contributed by atoms with Gasteiger partial charge in [0.05, 0.1) is 17.3 Å². The zero-order valence-corrected chi connectivity index (χ0v) is 20.4. The second-order valence-corrected chi connectivity index (χ2v) is 8.17. The summed E-state index contributed by atoms with van der Waals surface area (Å²) in [5, 5.41) is 14.4. The van der Waals surface area contributed by atoms with Crippen LogP contribution in [0.15, 0.2) is 78.5 Å². The number of hydrogen-bond donors (Lipinski definition) is 2. The monoisotopic (exact) mass is 477 g/mol. The van der Waals surface area contributed by atoms with Crippen LogP contribution in [0.1, 0.15) is 41.2 Å². The van der Waals surface area contributed by atoms with Gasteiger partial charge in [-0.2, -0.15) is 5.26 Å².